The molecule has 0 aliphatic rings. The van der Waals surface area contributed by atoms with Gasteiger partial charge < -0.3 is 10.1 Å². The number of ether oxygens (including phenoxy) is 1. The lowest BCUT2D eigenvalue weighted by molar-refractivity contribution is -0.116. The SMILES string of the molecule is O=C(CCCOc1ccc(Cl)cc1)Nc1ccccc1Br. The molecule has 0 aliphatic heterocycles. The fourth-order valence-electron chi connectivity index (χ4n) is 1.73. The van der Waals surface area contributed by atoms with Gasteiger partial charge in [0.2, 0.25) is 5.91 Å². The summed E-state index contributed by atoms with van der Waals surface area (Å²) in [5.74, 6) is 0.729. The van der Waals surface area contributed by atoms with Crippen molar-refractivity contribution in [2.75, 3.05) is 11.9 Å². The predicted molar refractivity (Wildman–Crippen MR) is 89.0 cm³/mol. The van der Waals surface area contributed by atoms with E-state index in [1.807, 2.05) is 36.4 Å². The van der Waals surface area contributed by atoms with Gasteiger partial charge in [0.05, 0.1) is 12.3 Å². The van der Waals surface area contributed by atoms with Crippen molar-refractivity contribution in [3.8, 4) is 5.75 Å². The van der Waals surface area contributed by atoms with Crippen LogP contribution in [0.15, 0.2) is 53.0 Å². The van der Waals surface area contributed by atoms with Crippen molar-refractivity contribution in [2.45, 2.75) is 12.8 Å². The number of hydrogen-bond donors (Lipinski definition) is 1. The minimum absolute atomic E-state index is 0.0263. The molecule has 1 amide bonds. The van der Waals surface area contributed by atoms with Crippen molar-refractivity contribution < 1.29 is 9.53 Å². The Kier molecular flexibility index (Phi) is 6.08. The topological polar surface area (TPSA) is 38.3 Å². The second-order valence-corrected chi connectivity index (χ2v) is 5.72. The van der Waals surface area contributed by atoms with Crippen LogP contribution in [0.1, 0.15) is 12.8 Å². The van der Waals surface area contributed by atoms with Crippen LogP contribution in [0, 0.1) is 0 Å². The van der Waals surface area contributed by atoms with Gasteiger partial charge in [-0.15, -0.1) is 0 Å². The summed E-state index contributed by atoms with van der Waals surface area (Å²) in [5, 5.41) is 3.53. The Morgan fingerprint density at radius 2 is 1.86 bits per heavy atom. The third kappa shape index (κ3) is 5.40. The van der Waals surface area contributed by atoms with Gasteiger partial charge in [-0.25, -0.2) is 0 Å². The minimum Gasteiger partial charge on any atom is -0.494 e. The third-order valence-electron chi connectivity index (χ3n) is 2.78. The molecule has 5 heteroatoms. The predicted octanol–water partition coefficient (Wildman–Crippen LogP) is 4.90. The van der Waals surface area contributed by atoms with Gasteiger partial charge in [0.1, 0.15) is 5.75 Å². The first-order valence-electron chi connectivity index (χ1n) is 6.58. The van der Waals surface area contributed by atoms with Crippen LogP contribution in [0.25, 0.3) is 0 Å². The van der Waals surface area contributed by atoms with Crippen LogP contribution < -0.4 is 10.1 Å². The number of amides is 1. The Hall–Kier alpha value is -1.52. The molecule has 0 saturated heterocycles. The Morgan fingerprint density at radius 1 is 1.14 bits per heavy atom. The third-order valence-corrected chi connectivity index (χ3v) is 3.72. The minimum atomic E-state index is -0.0263. The zero-order chi connectivity index (χ0) is 15.1. The lowest BCUT2D eigenvalue weighted by Gasteiger charge is -2.08. The molecule has 0 heterocycles. The van der Waals surface area contributed by atoms with Gasteiger partial charge in [-0.05, 0) is 58.7 Å². The average Bonchev–Trinajstić information content (AvgIpc) is 2.48. The van der Waals surface area contributed by atoms with Crippen LogP contribution in [-0.2, 0) is 4.79 Å². The highest BCUT2D eigenvalue weighted by atomic mass is 79.9. The maximum atomic E-state index is 11.8. The zero-order valence-electron chi connectivity index (χ0n) is 11.3. The number of nitrogens with one attached hydrogen (secondary N) is 1. The first-order valence-corrected chi connectivity index (χ1v) is 7.75. The standard InChI is InChI=1S/C16H15BrClNO2/c17-14-4-1-2-5-15(14)19-16(20)6-3-11-21-13-9-7-12(18)8-10-13/h1-2,4-5,7-10H,3,6,11H2,(H,19,20). The van der Waals surface area contributed by atoms with Crippen LogP contribution in [-0.4, -0.2) is 12.5 Å². The van der Waals surface area contributed by atoms with Gasteiger partial charge in [-0.3, -0.25) is 4.79 Å². The van der Waals surface area contributed by atoms with E-state index in [1.165, 1.54) is 0 Å². The summed E-state index contributed by atoms with van der Waals surface area (Å²) in [6.07, 6.45) is 1.06. The first-order chi connectivity index (χ1) is 10.1. The Bertz CT molecular complexity index is 601. The summed E-state index contributed by atoms with van der Waals surface area (Å²) in [4.78, 5) is 11.8. The maximum Gasteiger partial charge on any atom is 0.224 e. The molecule has 110 valence electrons. The first kappa shape index (κ1) is 15.9. The van der Waals surface area contributed by atoms with Crippen molar-refractivity contribution in [3.05, 3.63) is 58.0 Å². The largest absolute Gasteiger partial charge is 0.494 e. The van der Waals surface area contributed by atoms with E-state index < -0.39 is 0 Å². The number of carbonyl (C=O) groups is 1. The van der Waals surface area contributed by atoms with Crippen molar-refractivity contribution in [2.24, 2.45) is 0 Å². The second kappa shape index (κ2) is 8.05. The molecule has 0 spiro atoms. The Balaban J connectivity index is 1.70. The van der Waals surface area contributed by atoms with Gasteiger partial charge >= 0.3 is 0 Å². The van der Waals surface area contributed by atoms with Crippen LogP contribution >= 0.6 is 27.5 Å². The molecule has 0 saturated carbocycles. The van der Waals surface area contributed by atoms with E-state index in [4.69, 9.17) is 16.3 Å². The van der Waals surface area contributed by atoms with E-state index >= 15 is 0 Å². The number of anilines is 1. The van der Waals surface area contributed by atoms with Gasteiger partial charge in [0, 0.05) is 15.9 Å². The maximum absolute atomic E-state index is 11.8. The summed E-state index contributed by atoms with van der Waals surface area (Å²) in [6.45, 7) is 0.491. The summed E-state index contributed by atoms with van der Waals surface area (Å²) in [6, 6.07) is 14.7. The molecule has 2 aromatic carbocycles. The highest BCUT2D eigenvalue weighted by molar-refractivity contribution is 9.10. The highest BCUT2D eigenvalue weighted by Gasteiger charge is 2.05. The molecule has 3 nitrogen and oxygen atoms in total. The molecule has 0 fully saturated rings. The van der Waals surface area contributed by atoms with Crippen molar-refractivity contribution in [1.29, 1.82) is 0 Å². The molecule has 0 aromatic heterocycles. The van der Waals surface area contributed by atoms with Crippen molar-refractivity contribution in [1.82, 2.24) is 0 Å². The lowest BCUT2D eigenvalue weighted by atomic mass is 10.2. The summed E-state index contributed by atoms with van der Waals surface area (Å²) in [5.41, 5.74) is 0.779. The molecule has 0 bridgehead atoms. The Labute approximate surface area is 137 Å². The number of para-hydroxylation sites is 1. The van der Waals surface area contributed by atoms with E-state index in [0.717, 1.165) is 15.9 Å². The second-order valence-electron chi connectivity index (χ2n) is 4.43. The molecule has 0 unspecified atom stereocenters. The lowest BCUT2D eigenvalue weighted by Crippen LogP contribution is -2.13. The summed E-state index contributed by atoms with van der Waals surface area (Å²) in [7, 11) is 0. The number of carbonyl (C=O) groups excluding carboxylic acids is 1. The fourth-order valence-corrected chi connectivity index (χ4v) is 2.24. The van der Waals surface area contributed by atoms with E-state index in [2.05, 4.69) is 21.2 Å². The highest BCUT2D eigenvalue weighted by Crippen LogP contribution is 2.21. The molecule has 1 N–H and O–H groups in total. The van der Waals surface area contributed by atoms with E-state index in [0.29, 0.717) is 24.5 Å². The molecule has 2 aromatic rings. The molecular formula is C16H15BrClNO2. The summed E-state index contributed by atoms with van der Waals surface area (Å²) < 4.78 is 6.41. The average molecular weight is 369 g/mol. The zero-order valence-corrected chi connectivity index (χ0v) is 13.7. The summed E-state index contributed by atoms with van der Waals surface area (Å²) >= 11 is 9.18. The molecule has 0 radical (unpaired) electrons. The molecule has 21 heavy (non-hydrogen) atoms. The quantitative estimate of drug-likeness (QED) is 0.736. The molecule has 0 atom stereocenters. The number of hydrogen-bond acceptors (Lipinski definition) is 2. The normalized spacial score (nSPS) is 10.2. The van der Waals surface area contributed by atoms with Crippen LogP contribution in [0.2, 0.25) is 5.02 Å². The van der Waals surface area contributed by atoms with Crippen LogP contribution in [0.4, 0.5) is 5.69 Å². The number of rotatable bonds is 6. The van der Waals surface area contributed by atoms with Crippen LogP contribution in [0.5, 0.6) is 5.75 Å². The smallest absolute Gasteiger partial charge is 0.224 e. The molecule has 0 aliphatic carbocycles. The molecular weight excluding hydrogens is 354 g/mol. The monoisotopic (exact) mass is 367 g/mol. The van der Waals surface area contributed by atoms with Gasteiger partial charge in [-0.1, -0.05) is 23.7 Å². The Morgan fingerprint density at radius 3 is 2.57 bits per heavy atom. The number of benzene rings is 2. The number of halogens is 2. The van der Waals surface area contributed by atoms with Crippen molar-refractivity contribution in [3.63, 3.8) is 0 Å². The van der Waals surface area contributed by atoms with E-state index in [1.54, 1.807) is 12.1 Å². The van der Waals surface area contributed by atoms with Crippen molar-refractivity contribution >= 4 is 39.1 Å². The van der Waals surface area contributed by atoms with Gasteiger partial charge in [-0.2, -0.15) is 0 Å². The van der Waals surface area contributed by atoms with E-state index in [9.17, 15) is 4.79 Å². The fraction of sp³-hybridized carbons (Fsp3) is 0.188. The van der Waals surface area contributed by atoms with E-state index in [-0.39, 0.29) is 5.91 Å². The van der Waals surface area contributed by atoms with Gasteiger partial charge in [0.25, 0.3) is 0 Å². The van der Waals surface area contributed by atoms with Gasteiger partial charge in [0.15, 0.2) is 0 Å². The van der Waals surface area contributed by atoms with Crippen LogP contribution in [0.3, 0.4) is 0 Å². The molecule has 2 rings (SSSR count).